The fraction of sp³-hybridized carbons (Fsp3) is 0.125. The van der Waals surface area contributed by atoms with Crippen LogP contribution in [0.2, 0.25) is 0 Å². The first-order valence-electron chi connectivity index (χ1n) is 10.0. The summed E-state index contributed by atoms with van der Waals surface area (Å²) in [6.45, 7) is 1.94. The Morgan fingerprint density at radius 3 is 2.21 bits per heavy atom. The van der Waals surface area contributed by atoms with Gasteiger partial charge in [0.1, 0.15) is 5.75 Å². The minimum atomic E-state index is -0.784. The van der Waals surface area contributed by atoms with E-state index in [1.54, 1.807) is 43.4 Å². The van der Waals surface area contributed by atoms with Crippen molar-refractivity contribution in [2.75, 3.05) is 17.7 Å². The second kappa shape index (κ2) is 10.6. The maximum absolute atomic E-state index is 12.6. The van der Waals surface area contributed by atoms with Crippen molar-refractivity contribution in [3.8, 4) is 5.75 Å². The fourth-order valence-corrected chi connectivity index (χ4v) is 3.76. The van der Waals surface area contributed by atoms with Crippen molar-refractivity contribution in [2.45, 2.75) is 11.8 Å². The lowest BCUT2D eigenvalue weighted by molar-refractivity contribution is -0.387. The average Bonchev–Trinajstić information content (AvgIpc) is 2.82. The number of nitrogens with zero attached hydrogens (tertiary/aromatic N) is 2. The molecule has 0 unspecified atom stereocenters. The van der Waals surface area contributed by atoms with Gasteiger partial charge in [0, 0.05) is 29.9 Å². The molecule has 2 amide bonds. The molecule has 9 nitrogen and oxygen atoms in total. The standard InChI is InChI=1S/C24H21N3O6S/c1-15-3-5-16(6-4-15)24(30)26(2)18-8-10-19(11-9-18)33-22(28)14-34-21-12-7-17(23(25)29)13-20(21)27(31)32/h3-13H,14H2,1-2H3,(H2,25,29). The lowest BCUT2D eigenvalue weighted by atomic mass is 10.1. The molecule has 0 spiro atoms. The Labute approximate surface area is 199 Å². The van der Waals surface area contributed by atoms with Crippen molar-refractivity contribution in [2.24, 2.45) is 5.73 Å². The van der Waals surface area contributed by atoms with Crippen molar-refractivity contribution in [1.29, 1.82) is 0 Å². The monoisotopic (exact) mass is 479 g/mol. The van der Waals surface area contributed by atoms with Crippen LogP contribution in [0, 0.1) is 17.0 Å². The number of nitro benzene ring substituents is 1. The van der Waals surface area contributed by atoms with Crippen molar-refractivity contribution in [1.82, 2.24) is 0 Å². The van der Waals surface area contributed by atoms with Gasteiger partial charge in [0.25, 0.3) is 11.6 Å². The molecule has 0 aliphatic heterocycles. The van der Waals surface area contributed by atoms with Gasteiger partial charge in [0.05, 0.1) is 15.6 Å². The smallest absolute Gasteiger partial charge is 0.321 e. The lowest BCUT2D eigenvalue weighted by Crippen LogP contribution is -2.26. The third-order valence-electron chi connectivity index (χ3n) is 4.84. The second-order valence-corrected chi connectivity index (χ2v) is 8.31. The Morgan fingerprint density at radius 2 is 1.62 bits per heavy atom. The van der Waals surface area contributed by atoms with Crippen LogP contribution in [0.15, 0.2) is 71.6 Å². The molecular weight excluding hydrogens is 458 g/mol. The molecule has 0 radical (unpaired) electrons. The van der Waals surface area contributed by atoms with Crippen LogP contribution in [-0.4, -0.2) is 35.5 Å². The molecule has 0 aliphatic carbocycles. The molecule has 3 rings (SSSR count). The van der Waals surface area contributed by atoms with E-state index in [2.05, 4.69) is 0 Å². The van der Waals surface area contributed by atoms with Gasteiger partial charge in [-0.15, -0.1) is 11.8 Å². The van der Waals surface area contributed by atoms with Crippen LogP contribution in [0.1, 0.15) is 26.3 Å². The number of hydrogen-bond acceptors (Lipinski definition) is 7. The van der Waals surface area contributed by atoms with E-state index in [4.69, 9.17) is 10.5 Å². The molecule has 0 saturated carbocycles. The van der Waals surface area contributed by atoms with Crippen molar-refractivity contribution in [3.63, 3.8) is 0 Å². The van der Waals surface area contributed by atoms with Gasteiger partial charge in [-0.05, 0) is 55.5 Å². The predicted octanol–water partition coefficient (Wildman–Crippen LogP) is 3.98. The molecule has 0 heterocycles. The number of rotatable bonds is 8. The summed E-state index contributed by atoms with van der Waals surface area (Å²) in [7, 11) is 1.65. The molecular formula is C24H21N3O6S. The minimum Gasteiger partial charge on any atom is -0.426 e. The summed E-state index contributed by atoms with van der Waals surface area (Å²) in [4.78, 5) is 48.4. The normalized spacial score (nSPS) is 10.4. The number of anilines is 1. The van der Waals surface area contributed by atoms with E-state index in [0.717, 1.165) is 23.4 Å². The highest BCUT2D eigenvalue weighted by molar-refractivity contribution is 8.00. The molecule has 0 saturated heterocycles. The van der Waals surface area contributed by atoms with Gasteiger partial charge in [-0.1, -0.05) is 17.7 Å². The van der Waals surface area contributed by atoms with E-state index in [1.807, 2.05) is 19.1 Å². The first kappa shape index (κ1) is 24.5. The molecule has 3 aromatic rings. The third-order valence-corrected chi connectivity index (χ3v) is 5.88. The predicted molar refractivity (Wildman–Crippen MR) is 128 cm³/mol. The van der Waals surface area contributed by atoms with Crippen molar-refractivity contribution in [3.05, 3.63) is 93.5 Å². The number of benzene rings is 3. The number of nitro groups is 1. The topological polar surface area (TPSA) is 133 Å². The Balaban J connectivity index is 1.61. The number of primary amides is 1. The quantitative estimate of drug-likeness (QED) is 0.170. The number of ether oxygens (including phenoxy) is 1. The van der Waals surface area contributed by atoms with Gasteiger partial charge in [-0.3, -0.25) is 24.5 Å². The second-order valence-electron chi connectivity index (χ2n) is 7.29. The SMILES string of the molecule is Cc1ccc(C(=O)N(C)c2ccc(OC(=O)CSc3ccc(C(N)=O)cc3[N+](=O)[O-])cc2)cc1. The van der Waals surface area contributed by atoms with E-state index >= 15 is 0 Å². The summed E-state index contributed by atoms with van der Waals surface area (Å²) in [6.07, 6.45) is 0. The van der Waals surface area contributed by atoms with Crippen LogP contribution >= 0.6 is 11.8 Å². The number of thioether (sulfide) groups is 1. The number of carbonyl (C=O) groups excluding carboxylic acids is 3. The molecule has 34 heavy (non-hydrogen) atoms. The van der Waals surface area contributed by atoms with E-state index < -0.39 is 16.8 Å². The number of nitrogens with two attached hydrogens (primary N) is 1. The molecule has 0 bridgehead atoms. The zero-order valence-corrected chi connectivity index (χ0v) is 19.2. The van der Waals surface area contributed by atoms with E-state index in [-0.39, 0.29) is 33.6 Å². The van der Waals surface area contributed by atoms with Gasteiger partial charge < -0.3 is 15.4 Å². The van der Waals surface area contributed by atoms with Gasteiger partial charge in [0.2, 0.25) is 5.91 Å². The maximum Gasteiger partial charge on any atom is 0.321 e. The van der Waals surface area contributed by atoms with Crippen LogP contribution in [0.3, 0.4) is 0 Å². The number of hydrogen-bond donors (Lipinski definition) is 1. The van der Waals surface area contributed by atoms with Gasteiger partial charge in [0.15, 0.2) is 0 Å². The molecule has 10 heteroatoms. The lowest BCUT2D eigenvalue weighted by Gasteiger charge is -2.18. The molecule has 0 atom stereocenters. The summed E-state index contributed by atoms with van der Waals surface area (Å²) in [5, 5.41) is 11.3. The van der Waals surface area contributed by atoms with Crippen LogP contribution in [0.25, 0.3) is 0 Å². The molecule has 0 aromatic heterocycles. The van der Waals surface area contributed by atoms with E-state index in [9.17, 15) is 24.5 Å². The highest BCUT2D eigenvalue weighted by Gasteiger charge is 2.19. The van der Waals surface area contributed by atoms with Crippen LogP contribution in [0.4, 0.5) is 11.4 Å². The van der Waals surface area contributed by atoms with E-state index in [1.165, 1.54) is 17.0 Å². The number of esters is 1. The number of carbonyl (C=O) groups is 3. The Hall–Kier alpha value is -4.18. The Bertz CT molecular complexity index is 1240. The van der Waals surface area contributed by atoms with Crippen LogP contribution in [-0.2, 0) is 4.79 Å². The number of aryl methyl sites for hydroxylation is 1. The number of amides is 2. The highest BCUT2D eigenvalue weighted by Crippen LogP contribution is 2.30. The van der Waals surface area contributed by atoms with Crippen molar-refractivity contribution < 1.29 is 24.0 Å². The van der Waals surface area contributed by atoms with Gasteiger partial charge in [-0.25, -0.2) is 0 Å². The third kappa shape index (κ3) is 5.99. The zero-order valence-electron chi connectivity index (χ0n) is 18.4. The summed E-state index contributed by atoms with van der Waals surface area (Å²) < 4.78 is 5.28. The summed E-state index contributed by atoms with van der Waals surface area (Å²) in [6, 6.07) is 17.4. The van der Waals surface area contributed by atoms with Gasteiger partial charge >= 0.3 is 5.97 Å². The first-order valence-corrected chi connectivity index (χ1v) is 11.0. The van der Waals surface area contributed by atoms with Crippen molar-refractivity contribution >= 4 is 40.9 Å². The molecule has 2 N–H and O–H groups in total. The average molecular weight is 480 g/mol. The van der Waals surface area contributed by atoms with E-state index in [0.29, 0.717) is 11.3 Å². The van der Waals surface area contributed by atoms with Crippen LogP contribution < -0.4 is 15.4 Å². The molecule has 0 fully saturated rings. The summed E-state index contributed by atoms with van der Waals surface area (Å²) in [5.74, 6) is -1.50. The molecule has 0 aliphatic rings. The zero-order chi connectivity index (χ0) is 24.8. The largest absolute Gasteiger partial charge is 0.426 e. The Kier molecular flexibility index (Phi) is 7.64. The first-order chi connectivity index (χ1) is 16.2. The van der Waals surface area contributed by atoms with Gasteiger partial charge in [-0.2, -0.15) is 0 Å². The summed E-state index contributed by atoms with van der Waals surface area (Å²) in [5.41, 5.74) is 7.07. The highest BCUT2D eigenvalue weighted by atomic mass is 32.2. The van der Waals surface area contributed by atoms with Crippen LogP contribution in [0.5, 0.6) is 5.75 Å². The Morgan fingerprint density at radius 1 is 1.00 bits per heavy atom. The minimum absolute atomic E-state index is 0.00421. The molecule has 174 valence electrons. The summed E-state index contributed by atoms with van der Waals surface area (Å²) >= 11 is 0.912. The molecule has 3 aromatic carbocycles. The maximum atomic E-state index is 12.6. The fourth-order valence-electron chi connectivity index (χ4n) is 2.98.